The highest BCUT2D eigenvalue weighted by Gasteiger charge is 2.02. The third-order valence-electron chi connectivity index (χ3n) is 3.64. The lowest BCUT2D eigenvalue weighted by Gasteiger charge is -2.08. The maximum Gasteiger partial charge on any atom is 0.307 e. The summed E-state index contributed by atoms with van der Waals surface area (Å²) in [5.74, 6) is 0.365. The van der Waals surface area contributed by atoms with Crippen LogP contribution in [0.1, 0.15) is 24.0 Å². The largest absolute Gasteiger partial charge is 0.493 e. The quantitative estimate of drug-likeness (QED) is 0.530. The Kier molecular flexibility index (Phi) is 7.92. The third-order valence-corrected chi connectivity index (χ3v) is 3.64. The highest BCUT2D eigenvalue weighted by Crippen LogP contribution is 2.16. The van der Waals surface area contributed by atoms with Gasteiger partial charge in [0.05, 0.1) is 19.6 Å². The number of carbonyl (C=O) groups excluding carboxylic acids is 1. The standard InChI is InChI=1S/C20H24FNO3/c1-22-12-11-20(23)25-14-2-13-24-19-9-5-17(6-10-19)15-16-3-7-18(21)8-4-16/h3-10,22H,2,11-15H2,1H3. The predicted molar refractivity (Wildman–Crippen MR) is 95.3 cm³/mol. The molecule has 0 amide bonds. The lowest BCUT2D eigenvalue weighted by molar-refractivity contribution is -0.143. The molecule has 0 aliphatic rings. The fraction of sp³-hybridized carbons (Fsp3) is 0.350. The predicted octanol–water partition coefficient (Wildman–Crippen LogP) is 3.34. The van der Waals surface area contributed by atoms with E-state index in [0.29, 0.717) is 32.6 Å². The summed E-state index contributed by atoms with van der Waals surface area (Å²) in [5, 5.41) is 2.90. The van der Waals surface area contributed by atoms with Crippen LogP contribution in [0, 0.1) is 5.82 Å². The van der Waals surface area contributed by atoms with Crippen molar-refractivity contribution in [2.45, 2.75) is 19.3 Å². The van der Waals surface area contributed by atoms with Crippen molar-refractivity contribution < 1.29 is 18.7 Å². The van der Waals surface area contributed by atoms with Gasteiger partial charge in [-0.1, -0.05) is 24.3 Å². The van der Waals surface area contributed by atoms with Gasteiger partial charge in [0.1, 0.15) is 11.6 Å². The van der Waals surface area contributed by atoms with Gasteiger partial charge in [-0.2, -0.15) is 0 Å². The van der Waals surface area contributed by atoms with Crippen LogP contribution >= 0.6 is 0 Å². The number of esters is 1. The summed E-state index contributed by atoms with van der Waals surface area (Å²) in [5.41, 5.74) is 2.20. The number of carbonyl (C=O) groups is 1. The molecule has 0 aliphatic carbocycles. The van der Waals surface area contributed by atoms with Gasteiger partial charge in [0.2, 0.25) is 0 Å². The molecule has 0 spiro atoms. The molecule has 0 fully saturated rings. The average molecular weight is 345 g/mol. The zero-order chi connectivity index (χ0) is 17.9. The third kappa shape index (κ3) is 7.35. The van der Waals surface area contributed by atoms with E-state index in [4.69, 9.17) is 9.47 Å². The second kappa shape index (κ2) is 10.5. The molecule has 0 bridgehead atoms. The SMILES string of the molecule is CNCCC(=O)OCCCOc1ccc(Cc2ccc(F)cc2)cc1. The van der Waals surface area contributed by atoms with Crippen LogP contribution < -0.4 is 10.1 Å². The smallest absolute Gasteiger partial charge is 0.307 e. The first-order valence-corrected chi connectivity index (χ1v) is 8.44. The van der Waals surface area contributed by atoms with Gasteiger partial charge in [-0.25, -0.2) is 4.39 Å². The number of nitrogens with one attached hydrogen (secondary N) is 1. The van der Waals surface area contributed by atoms with E-state index in [0.717, 1.165) is 23.3 Å². The Morgan fingerprint density at radius 1 is 1.00 bits per heavy atom. The zero-order valence-electron chi connectivity index (χ0n) is 14.5. The molecule has 134 valence electrons. The second-order valence-corrected chi connectivity index (χ2v) is 5.72. The van der Waals surface area contributed by atoms with Gasteiger partial charge in [-0.15, -0.1) is 0 Å². The first kappa shape index (κ1) is 18.9. The highest BCUT2D eigenvalue weighted by molar-refractivity contribution is 5.69. The van der Waals surface area contributed by atoms with Crippen LogP contribution in [0.3, 0.4) is 0 Å². The van der Waals surface area contributed by atoms with Gasteiger partial charge in [0.25, 0.3) is 0 Å². The molecule has 0 aromatic heterocycles. The summed E-state index contributed by atoms with van der Waals surface area (Å²) >= 11 is 0. The van der Waals surface area contributed by atoms with E-state index in [-0.39, 0.29) is 11.8 Å². The van der Waals surface area contributed by atoms with Crippen LogP contribution in [0.5, 0.6) is 5.75 Å². The van der Waals surface area contributed by atoms with E-state index in [1.165, 1.54) is 12.1 Å². The Bertz CT molecular complexity index is 641. The maximum absolute atomic E-state index is 12.9. The number of ether oxygens (including phenoxy) is 2. The van der Waals surface area contributed by atoms with Gasteiger partial charge in [0.15, 0.2) is 0 Å². The highest BCUT2D eigenvalue weighted by atomic mass is 19.1. The monoisotopic (exact) mass is 345 g/mol. The molecule has 0 saturated heterocycles. The van der Waals surface area contributed by atoms with Gasteiger partial charge in [-0.05, 0) is 48.9 Å². The Labute approximate surface area is 148 Å². The van der Waals surface area contributed by atoms with Crippen LogP contribution in [0.25, 0.3) is 0 Å². The summed E-state index contributed by atoms with van der Waals surface area (Å²) in [6.07, 6.45) is 1.79. The summed E-state index contributed by atoms with van der Waals surface area (Å²) in [6, 6.07) is 14.3. The average Bonchev–Trinajstić information content (AvgIpc) is 2.63. The first-order chi connectivity index (χ1) is 12.2. The van der Waals surface area contributed by atoms with Crippen LogP contribution in [0.2, 0.25) is 0 Å². The molecule has 0 unspecified atom stereocenters. The minimum Gasteiger partial charge on any atom is -0.493 e. The Hall–Kier alpha value is -2.40. The molecule has 0 radical (unpaired) electrons. The number of halogens is 1. The van der Waals surface area contributed by atoms with Crippen molar-refractivity contribution in [2.75, 3.05) is 26.8 Å². The van der Waals surface area contributed by atoms with E-state index in [2.05, 4.69) is 5.32 Å². The molecule has 25 heavy (non-hydrogen) atoms. The number of hydrogen-bond donors (Lipinski definition) is 1. The van der Waals surface area contributed by atoms with Crippen molar-refractivity contribution in [3.05, 3.63) is 65.5 Å². The Morgan fingerprint density at radius 2 is 1.64 bits per heavy atom. The van der Waals surface area contributed by atoms with Crippen molar-refractivity contribution in [1.82, 2.24) is 5.32 Å². The molecule has 0 heterocycles. The maximum atomic E-state index is 12.9. The summed E-state index contributed by atoms with van der Waals surface area (Å²) in [7, 11) is 1.80. The minimum atomic E-state index is -0.222. The lowest BCUT2D eigenvalue weighted by Crippen LogP contribution is -2.16. The van der Waals surface area contributed by atoms with E-state index < -0.39 is 0 Å². The van der Waals surface area contributed by atoms with E-state index in [1.807, 2.05) is 24.3 Å². The van der Waals surface area contributed by atoms with Crippen molar-refractivity contribution >= 4 is 5.97 Å². The zero-order valence-corrected chi connectivity index (χ0v) is 14.5. The van der Waals surface area contributed by atoms with Crippen LogP contribution in [-0.4, -0.2) is 32.8 Å². The first-order valence-electron chi connectivity index (χ1n) is 8.44. The Morgan fingerprint density at radius 3 is 2.28 bits per heavy atom. The topological polar surface area (TPSA) is 47.6 Å². The molecule has 2 aromatic rings. The van der Waals surface area contributed by atoms with E-state index >= 15 is 0 Å². The number of rotatable bonds is 10. The van der Waals surface area contributed by atoms with E-state index in [9.17, 15) is 9.18 Å². The minimum absolute atomic E-state index is 0.195. The molecular formula is C20H24FNO3. The number of benzene rings is 2. The number of hydrogen-bond acceptors (Lipinski definition) is 4. The Balaban J connectivity index is 1.66. The van der Waals surface area contributed by atoms with Gasteiger partial charge in [0, 0.05) is 13.0 Å². The summed E-state index contributed by atoms with van der Waals surface area (Å²) in [6.45, 7) is 1.49. The van der Waals surface area contributed by atoms with E-state index in [1.54, 1.807) is 19.2 Å². The van der Waals surface area contributed by atoms with Crippen LogP contribution in [0.4, 0.5) is 4.39 Å². The van der Waals surface area contributed by atoms with Crippen molar-refractivity contribution in [3.63, 3.8) is 0 Å². The normalized spacial score (nSPS) is 10.5. The van der Waals surface area contributed by atoms with Crippen LogP contribution in [0.15, 0.2) is 48.5 Å². The molecule has 2 rings (SSSR count). The fourth-order valence-electron chi connectivity index (χ4n) is 2.28. The molecule has 1 N–H and O–H groups in total. The fourth-order valence-corrected chi connectivity index (χ4v) is 2.28. The van der Waals surface area contributed by atoms with Gasteiger partial charge >= 0.3 is 5.97 Å². The molecule has 0 aliphatic heterocycles. The second-order valence-electron chi connectivity index (χ2n) is 5.72. The van der Waals surface area contributed by atoms with Crippen molar-refractivity contribution in [3.8, 4) is 5.75 Å². The van der Waals surface area contributed by atoms with Crippen molar-refractivity contribution in [1.29, 1.82) is 0 Å². The molecular weight excluding hydrogens is 321 g/mol. The van der Waals surface area contributed by atoms with Crippen molar-refractivity contribution in [2.24, 2.45) is 0 Å². The molecule has 2 aromatic carbocycles. The molecule has 5 heteroatoms. The lowest BCUT2D eigenvalue weighted by atomic mass is 10.1. The molecule has 0 atom stereocenters. The summed E-state index contributed by atoms with van der Waals surface area (Å²) in [4.78, 5) is 11.3. The van der Waals surface area contributed by atoms with Gasteiger partial charge in [-0.3, -0.25) is 4.79 Å². The molecule has 4 nitrogen and oxygen atoms in total. The molecule has 0 saturated carbocycles. The summed E-state index contributed by atoms with van der Waals surface area (Å²) < 4.78 is 23.6. The van der Waals surface area contributed by atoms with Crippen LogP contribution in [-0.2, 0) is 16.0 Å². The van der Waals surface area contributed by atoms with Gasteiger partial charge < -0.3 is 14.8 Å².